The van der Waals surface area contributed by atoms with E-state index in [2.05, 4.69) is 5.32 Å². The molecule has 0 unspecified atom stereocenters. The molecule has 0 aliphatic heterocycles. The molecule has 2 rings (SSSR count). The number of hydrogen-bond donors (Lipinski definition) is 3. The van der Waals surface area contributed by atoms with E-state index in [0.29, 0.717) is 12.4 Å². The zero-order chi connectivity index (χ0) is 19.5. The van der Waals surface area contributed by atoms with Crippen LogP contribution in [0.1, 0.15) is 27.6 Å². The summed E-state index contributed by atoms with van der Waals surface area (Å²) >= 11 is 0. The van der Waals surface area contributed by atoms with E-state index in [1.807, 2.05) is 0 Å². The van der Waals surface area contributed by atoms with Crippen molar-refractivity contribution in [2.75, 3.05) is 11.9 Å². The van der Waals surface area contributed by atoms with Gasteiger partial charge in [0.2, 0.25) is 10.0 Å². The normalized spacial score (nSPS) is 11.0. The first-order valence-corrected chi connectivity index (χ1v) is 8.88. The summed E-state index contributed by atoms with van der Waals surface area (Å²) in [5.74, 6) is -2.33. The quantitative estimate of drug-likeness (QED) is 0.690. The molecule has 0 aliphatic rings. The fourth-order valence-corrected chi connectivity index (χ4v) is 2.75. The summed E-state index contributed by atoms with van der Waals surface area (Å²) in [6.45, 7) is 2.14. The van der Waals surface area contributed by atoms with Gasteiger partial charge in [0.25, 0.3) is 11.8 Å². The average Bonchev–Trinajstić information content (AvgIpc) is 2.55. The van der Waals surface area contributed by atoms with Crippen molar-refractivity contribution in [2.45, 2.75) is 11.8 Å². The molecule has 0 atom stereocenters. The highest BCUT2D eigenvalue weighted by molar-refractivity contribution is 7.89. The number of anilines is 1. The minimum Gasteiger partial charge on any atom is -0.494 e. The van der Waals surface area contributed by atoms with E-state index in [1.54, 1.807) is 6.92 Å². The molecule has 2 aromatic carbocycles. The number of benzene rings is 2. The number of amides is 2. The predicted octanol–water partition coefficient (Wildman–Crippen LogP) is 1.22. The van der Waals surface area contributed by atoms with Gasteiger partial charge in [0.1, 0.15) is 16.5 Å². The van der Waals surface area contributed by atoms with Crippen LogP contribution in [-0.2, 0) is 10.0 Å². The maximum Gasteiger partial charge on any atom is 0.255 e. The van der Waals surface area contributed by atoms with E-state index in [0.717, 1.165) is 18.2 Å². The van der Waals surface area contributed by atoms with Gasteiger partial charge in [-0.2, -0.15) is 0 Å². The summed E-state index contributed by atoms with van der Waals surface area (Å²) in [7, 11) is -4.24. The molecule has 0 fully saturated rings. The van der Waals surface area contributed by atoms with Crippen LogP contribution in [-0.4, -0.2) is 26.8 Å². The second-order valence-electron chi connectivity index (χ2n) is 5.15. The molecule has 0 spiro atoms. The lowest BCUT2D eigenvalue weighted by molar-refractivity contribution is 0.100. The molecule has 5 N–H and O–H groups in total. The van der Waals surface area contributed by atoms with Crippen LogP contribution in [0.25, 0.3) is 0 Å². The van der Waals surface area contributed by atoms with Gasteiger partial charge in [0.05, 0.1) is 17.9 Å². The first kappa shape index (κ1) is 19.3. The number of nitrogens with one attached hydrogen (secondary N) is 1. The molecule has 2 amide bonds. The molecule has 0 bridgehead atoms. The molecule has 0 saturated carbocycles. The van der Waals surface area contributed by atoms with Crippen LogP contribution >= 0.6 is 0 Å². The van der Waals surface area contributed by atoms with Crippen molar-refractivity contribution >= 4 is 27.5 Å². The third-order valence-electron chi connectivity index (χ3n) is 3.32. The van der Waals surface area contributed by atoms with Gasteiger partial charge in [-0.05, 0) is 43.3 Å². The van der Waals surface area contributed by atoms with Crippen molar-refractivity contribution in [2.24, 2.45) is 10.9 Å². The smallest absolute Gasteiger partial charge is 0.255 e. The van der Waals surface area contributed by atoms with E-state index in [9.17, 15) is 22.4 Å². The third-order valence-corrected chi connectivity index (χ3v) is 4.26. The zero-order valence-corrected chi connectivity index (χ0v) is 14.5. The van der Waals surface area contributed by atoms with Crippen LogP contribution in [0.3, 0.4) is 0 Å². The van der Waals surface area contributed by atoms with Crippen LogP contribution in [0.2, 0.25) is 0 Å². The summed E-state index contributed by atoms with van der Waals surface area (Å²) in [6, 6.07) is 7.01. The molecular weight excluding hydrogens is 365 g/mol. The molecule has 138 valence electrons. The van der Waals surface area contributed by atoms with Crippen LogP contribution in [0.4, 0.5) is 10.1 Å². The second kappa shape index (κ2) is 7.50. The number of primary sulfonamides is 1. The van der Waals surface area contributed by atoms with Crippen molar-refractivity contribution in [1.29, 1.82) is 0 Å². The Hall–Kier alpha value is -2.98. The molecule has 0 aliphatic carbocycles. The average molecular weight is 381 g/mol. The lowest BCUT2D eigenvalue weighted by atomic mass is 10.1. The number of hydrogen-bond acceptors (Lipinski definition) is 5. The van der Waals surface area contributed by atoms with Crippen LogP contribution < -0.4 is 20.9 Å². The zero-order valence-electron chi connectivity index (χ0n) is 13.7. The molecule has 8 nitrogen and oxygen atoms in total. The highest BCUT2D eigenvalue weighted by Gasteiger charge is 2.18. The fraction of sp³-hybridized carbons (Fsp3) is 0.125. The van der Waals surface area contributed by atoms with Gasteiger partial charge in [-0.3, -0.25) is 9.59 Å². The molecule has 0 aromatic heterocycles. The van der Waals surface area contributed by atoms with Gasteiger partial charge in [-0.25, -0.2) is 17.9 Å². The van der Waals surface area contributed by atoms with Crippen LogP contribution in [0.5, 0.6) is 5.75 Å². The van der Waals surface area contributed by atoms with Gasteiger partial charge < -0.3 is 15.8 Å². The highest BCUT2D eigenvalue weighted by atomic mass is 32.2. The van der Waals surface area contributed by atoms with Crippen molar-refractivity contribution in [3.8, 4) is 5.75 Å². The van der Waals surface area contributed by atoms with E-state index < -0.39 is 32.6 Å². The number of primary amides is 1. The Balaban J connectivity index is 2.33. The second-order valence-corrected chi connectivity index (χ2v) is 6.68. The van der Waals surface area contributed by atoms with Crippen molar-refractivity contribution in [1.82, 2.24) is 0 Å². The number of sulfonamides is 1. The minimum absolute atomic E-state index is 0.00549. The van der Waals surface area contributed by atoms with E-state index in [-0.39, 0.29) is 16.8 Å². The third kappa shape index (κ3) is 4.35. The van der Waals surface area contributed by atoms with Crippen molar-refractivity contribution < 1.29 is 27.1 Å². The van der Waals surface area contributed by atoms with Gasteiger partial charge in [-0.15, -0.1) is 0 Å². The minimum atomic E-state index is -4.24. The van der Waals surface area contributed by atoms with Crippen molar-refractivity contribution in [3.05, 3.63) is 53.3 Å². The van der Waals surface area contributed by atoms with Gasteiger partial charge >= 0.3 is 0 Å². The molecule has 26 heavy (non-hydrogen) atoms. The number of carbonyl (C=O) groups is 2. The Bertz CT molecular complexity index is 976. The van der Waals surface area contributed by atoms with Crippen LogP contribution in [0.15, 0.2) is 41.3 Å². The Morgan fingerprint density at radius 3 is 2.42 bits per heavy atom. The fourth-order valence-electron chi connectivity index (χ4n) is 2.16. The number of halogens is 1. The largest absolute Gasteiger partial charge is 0.494 e. The Morgan fingerprint density at radius 1 is 1.19 bits per heavy atom. The molecule has 0 heterocycles. The number of nitrogens with two attached hydrogens (primary N) is 2. The molecule has 0 radical (unpaired) electrons. The SMILES string of the molecule is CCOc1ccc(NC(=O)c2ccc(S(N)(=O)=O)c(F)c2)c(C(N)=O)c1. The van der Waals surface area contributed by atoms with Crippen LogP contribution in [0, 0.1) is 5.82 Å². The summed E-state index contributed by atoms with van der Waals surface area (Å²) < 4.78 is 41.5. The lowest BCUT2D eigenvalue weighted by Crippen LogP contribution is -2.19. The predicted molar refractivity (Wildman–Crippen MR) is 91.9 cm³/mol. The van der Waals surface area contributed by atoms with E-state index >= 15 is 0 Å². The maximum atomic E-state index is 13.9. The van der Waals surface area contributed by atoms with Gasteiger partial charge in [0.15, 0.2) is 0 Å². The summed E-state index contributed by atoms with van der Waals surface area (Å²) in [6.07, 6.45) is 0. The highest BCUT2D eigenvalue weighted by Crippen LogP contribution is 2.23. The maximum absolute atomic E-state index is 13.9. The number of ether oxygens (including phenoxy) is 1. The molecule has 0 saturated heterocycles. The Morgan fingerprint density at radius 2 is 1.88 bits per heavy atom. The first-order chi connectivity index (χ1) is 12.1. The lowest BCUT2D eigenvalue weighted by Gasteiger charge is -2.12. The molecule has 10 heteroatoms. The number of carbonyl (C=O) groups excluding carboxylic acids is 2. The topological polar surface area (TPSA) is 142 Å². The monoisotopic (exact) mass is 381 g/mol. The Kier molecular flexibility index (Phi) is 5.58. The Labute approximate surface area is 149 Å². The standard InChI is InChI=1S/C16H16FN3O5S/c1-2-25-10-4-5-13(11(8-10)15(18)21)20-16(22)9-3-6-14(12(17)7-9)26(19,23)24/h3-8H,2H2,1H3,(H2,18,21)(H,20,22)(H2,19,23,24). The summed E-state index contributed by atoms with van der Waals surface area (Å²) in [5.41, 5.74) is 5.24. The van der Waals surface area contributed by atoms with E-state index in [4.69, 9.17) is 15.6 Å². The number of rotatable bonds is 6. The molecule has 2 aromatic rings. The van der Waals surface area contributed by atoms with Gasteiger partial charge in [0, 0.05) is 5.56 Å². The first-order valence-electron chi connectivity index (χ1n) is 7.34. The van der Waals surface area contributed by atoms with Gasteiger partial charge in [-0.1, -0.05) is 0 Å². The summed E-state index contributed by atoms with van der Waals surface area (Å²) in [4.78, 5) is 23.1. The van der Waals surface area contributed by atoms with Crippen molar-refractivity contribution in [3.63, 3.8) is 0 Å². The van der Waals surface area contributed by atoms with E-state index in [1.165, 1.54) is 18.2 Å². The summed E-state index contributed by atoms with van der Waals surface area (Å²) in [5, 5.41) is 7.29. The molecular formula is C16H16FN3O5S.